The van der Waals surface area contributed by atoms with E-state index < -0.39 is 58.0 Å². The van der Waals surface area contributed by atoms with Gasteiger partial charge in [-0.25, -0.2) is 10.2 Å². The van der Waals surface area contributed by atoms with E-state index in [1.165, 1.54) is 11.9 Å². The van der Waals surface area contributed by atoms with Crippen molar-refractivity contribution in [1.29, 1.82) is 0 Å². The number of halogens is 3. The number of ether oxygens (including phenoxy) is 2. The fourth-order valence-electron chi connectivity index (χ4n) is 3.10. The molecule has 10 nitrogen and oxygen atoms in total. The van der Waals surface area contributed by atoms with Crippen LogP contribution < -0.4 is 16.1 Å². The van der Waals surface area contributed by atoms with Crippen LogP contribution in [0.1, 0.15) is 60.8 Å². The van der Waals surface area contributed by atoms with Crippen LogP contribution in [0.4, 0.5) is 4.79 Å². The normalized spacial score (nSPS) is 19.4. The van der Waals surface area contributed by atoms with Gasteiger partial charge in [0.1, 0.15) is 30.3 Å². The summed E-state index contributed by atoms with van der Waals surface area (Å²) in [5.74, 6) is -1.83. The van der Waals surface area contributed by atoms with E-state index in [4.69, 9.17) is 44.3 Å². The number of alkyl carbamates (subject to hydrolysis) is 1. The fourth-order valence-corrected chi connectivity index (χ4v) is 3.27. The van der Waals surface area contributed by atoms with Crippen molar-refractivity contribution in [2.45, 2.75) is 88.3 Å². The predicted molar refractivity (Wildman–Crippen MR) is 129 cm³/mol. The Bertz CT molecular complexity index is 741. The van der Waals surface area contributed by atoms with Gasteiger partial charge in [0.05, 0.1) is 0 Å². The first-order valence-corrected chi connectivity index (χ1v) is 12.3. The van der Waals surface area contributed by atoms with Crippen molar-refractivity contribution in [3.05, 3.63) is 0 Å². The Hall–Kier alpha value is -1.49. The summed E-state index contributed by atoms with van der Waals surface area (Å²) in [7, 11) is 0. The minimum absolute atomic E-state index is 0.208. The van der Waals surface area contributed by atoms with E-state index >= 15 is 0 Å². The van der Waals surface area contributed by atoms with E-state index in [9.17, 15) is 19.2 Å². The minimum Gasteiger partial charge on any atom is -0.460 e. The first-order valence-electron chi connectivity index (χ1n) is 11.1. The van der Waals surface area contributed by atoms with E-state index in [0.717, 1.165) is 0 Å². The molecule has 13 heteroatoms. The Labute approximate surface area is 215 Å². The molecular formula is C21H35Cl3N4O6. The second kappa shape index (κ2) is 13.0. The summed E-state index contributed by atoms with van der Waals surface area (Å²) >= 11 is 16.8. The maximum absolute atomic E-state index is 12.9. The van der Waals surface area contributed by atoms with E-state index in [0.29, 0.717) is 25.8 Å². The lowest BCUT2D eigenvalue weighted by Crippen LogP contribution is -2.61. The van der Waals surface area contributed by atoms with Crippen molar-refractivity contribution in [1.82, 2.24) is 21.1 Å². The van der Waals surface area contributed by atoms with Crippen LogP contribution in [0.2, 0.25) is 0 Å². The predicted octanol–water partition coefficient (Wildman–Crippen LogP) is 2.84. The van der Waals surface area contributed by atoms with E-state index in [1.54, 1.807) is 20.8 Å². The van der Waals surface area contributed by atoms with Gasteiger partial charge in [0.25, 0.3) is 5.91 Å². The highest BCUT2D eigenvalue weighted by Crippen LogP contribution is 2.26. The van der Waals surface area contributed by atoms with E-state index in [1.807, 2.05) is 13.8 Å². The number of nitrogens with one attached hydrogen (secondary N) is 3. The lowest BCUT2D eigenvalue weighted by molar-refractivity contribution is -0.152. The molecule has 0 unspecified atom stereocenters. The zero-order valence-corrected chi connectivity index (χ0v) is 22.6. The Morgan fingerprint density at radius 1 is 1.12 bits per heavy atom. The maximum Gasteiger partial charge on any atom is 0.408 e. The summed E-state index contributed by atoms with van der Waals surface area (Å²) in [6.07, 6.45) is 0.852. The highest BCUT2D eigenvalue weighted by Gasteiger charge is 2.35. The van der Waals surface area contributed by atoms with Gasteiger partial charge in [0, 0.05) is 6.54 Å². The number of esters is 1. The summed E-state index contributed by atoms with van der Waals surface area (Å²) in [6.45, 7) is 10.3. The Morgan fingerprint density at radius 3 is 2.26 bits per heavy atom. The van der Waals surface area contributed by atoms with Gasteiger partial charge in [-0.3, -0.25) is 19.4 Å². The largest absolute Gasteiger partial charge is 0.460 e. The summed E-state index contributed by atoms with van der Waals surface area (Å²) < 4.78 is 8.50. The average Bonchev–Trinajstić information content (AvgIpc) is 2.72. The lowest BCUT2D eigenvalue weighted by Gasteiger charge is -2.35. The molecule has 1 heterocycles. The maximum atomic E-state index is 12.9. The van der Waals surface area contributed by atoms with Crippen molar-refractivity contribution in [3.63, 3.8) is 0 Å². The number of alkyl halides is 3. The van der Waals surface area contributed by atoms with Crippen molar-refractivity contribution in [3.8, 4) is 0 Å². The number of nitrogens with zero attached hydrogens (tertiary/aromatic N) is 1. The fraction of sp³-hybridized carbons (Fsp3) is 0.810. The number of rotatable bonds is 8. The Kier molecular flexibility index (Phi) is 11.7. The van der Waals surface area contributed by atoms with Crippen molar-refractivity contribution >= 4 is 58.7 Å². The SMILES string of the molecule is CC[C@H](C)[C@H](NC(=O)OC(C)(C)C)C(=O)N[C@@H](C)C(=O)N1CCC[C@@H](C(=O)OCC(Cl)(Cl)Cl)N1. The Morgan fingerprint density at radius 2 is 1.74 bits per heavy atom. The summed E-state index contributed by atoms with van der Waals surface area (Å²) in [5.41, 5.74) is 2.08. The molecule has 0 aromatic rings. The molecule has 0 radical (unpaired) electrons. The molecule has 196 valence electrons. The van der Waals surface area contributed by atoms with Crippen molar-refractivity contribution < 1.29 is 28.7 Å². The molecule has 0 aromatic carbocycles. The molecule has 0 aromatic heterocycles. The summed E-state index contributed by atoms with van der Waals surface area (Å²) in [5, 5.41) is 6.49. The first kappa shape index (κ1) is 30.5. The van der Waals surface area contributed by atoms with Crippen LogP contribution in [0.3, 0.4) is 0 Å². The molecule has 1 fully saturated rings. The van der Waals surface area contributed by atoms with Crippen LogP contribution in [-0.2, 0) is 23.9 Å². The van der Waals surface area contributed by atoms with Gasteiger partial charge in [-0.1, -0.05) is 55.1 Å². The minimum atomic E-state index is -1.74. The number of hydrogen-bond acceptors (Lipinski definition) is 7. The standard InChI is InChI=1S/C21H35Cl3N4O6/c1-7-12(2)15(26-19(32)34-20(4,5)6)16(29)25-13(3)17(30)28-10-8-9-14(27-28)18(31)33-11-21(22,23)24/h12-15,27H,7-11H2,1-6H3,(H,25,29)(H,26,32)/t12-,13-,14-,15-/m0/s1. The van der Waals surface area contributed by atoms with E-state index in [2.05, 4.69) is 16.1 Å². The number of amides is 3. The smallest absolute Gasteiger partial charge is 0.408 e. The topological polar surface area (TPSA) is 126 Å². The number of hydrogen-bond donors (Lipinski definition) is 3. The van der Waals surface area contributed by atoms with Crippen LogP contribution >= 0.6 is 34.8 Å². The van der Waals surface area contributed by atoms with Gasteiger partial charge >= 0.3 is 12.1 Å². The molecule has 1 saturated heterocycles. The molecule has 0 aliphatic carbocycles. The molecule has 34 heavy (non-hydrogen) atoms. The Balaban J connectivity index is 2.75. The average molecular weight is 546 g/mol. The third-order valence-electron chi connectivity index (χ3n) is 5.01. The molecular weight excluding hydrogens is 511 g/mol. The molecule has 3 amide bonds. The lowest BCUT2D eigenvalue weighted by atomic mass is 9.98. The second-order valence-corrected chi connectivity index (χ2v) is 11.8. The number of carbonyl (C=O) groups excluding carboxylic acids is 4. The van der Waals surface area contributed by atoms with Gasteiger partial charge in [-0.05, 0) is 46.5 Å². The van der Waals surface area contributed by atoms with Crippen LogP contribution in [0.15, 0.2) is 0 Å². The third kappa shape index (κ3) is 10.8. The van der Waals surface area contributed by atoms with Crippen LogP contribution in [-0.4, -0.2) is 69.6 Å². The van der Waals surface area contributed by atoms with Gasteiger partial charge in [0.15, 0.2) is 0 Å². The number of hydrazine groups is 1. The second-order valence-electron chi connectivity index (χ2n) is 9.28. The molecule has 0 saturated carbocycles. The molecule has 4 atom stereocenters. The van der Waals surface area contributed by atoms with Crippen molar-refractivity contribution in [2.24, 2.45) is 5.92 Å². The monoisotopic (exact) mass is 544 g/mol. The zero-order valence-electron chi connectivity index (χ0n) is 20.4. The van der Waals surface area contributed by atoms with Gasteiger partial charge in [0.2, 0.25) is 9.70 Å². The quantitative estimate of drug-likeness (QED) is 0.316. The molecule has 0 spiro atoms. The van der Waals surface area contributed by atoms with E-state index in [-0.39, 0.29) is 5.92 Å². The summed E-state index contributed by atoms with van der Waals surface area (Å²) in [4.78, 5) is 50.3. The van der Waals surface area contributed by atoms with Crippen LogP contribution in [0.5, 0.6) is 0 Å². The van der Waals surface area contributed by atoms with Gasteiger partial charge in [-0.15, -0.1) is 0 Å². The zero-order chi connectivity index (χ0) is 26.3. The first-order chi connectivity index (χ1) is 15.5. The van der Waals surface area contributed by atoms with Crippen LogP contribution in [0, 0.1) is 5.92 Å². The molecule has 1 rings (SSSR count). The summed E-state index contributed by atoms with van der Waals surface area (Å²) in [6, 6.07) is -2.62. The van der Waals surface area contributed by atoms with Crippen LogP contribution in [0.25, 0.3) is 0 Å². The molecule has 3 N–H and O–H groups in total. The molecule has 1 aliphatic rings. The van der Waals surface area contributed by atoms with Gasteiger partial charge in [-0.2, -0.15) is 0 Å². The van der Waals surface area contributed by atoms with Gasteiger partial charge < -0.3 is 20.1 Å². The third-order valence-corrected chi connectivity index (χ3v) is 5.34. The number of carbonyl (C=O) groups is 4. The highest BCUT2D eigenvalue weighted by atomic mass is 35.6. The highest BCUT2D eigenvalue weighted by molar-refractivity contribution is 6.67. The molecule has 0 bridgehead atoms. The molecule has 1 aliphatic heterocycles. The van der Waals surface area contributed by atoms with Crippen molar-refractivity contribution in [2.75, 3.05) is 13.2 Å².